The van der Waals surface area contributed by atoms with Crippen molar-refractivity contribution >= 4 is 11.6 Å². The smallest absolute Gasteiger partial charge is 0.337 e. The van der Waals surface area contributed by atoms with Crippen LogP contribution in [0.25, 0.3) is 0 Å². The first-order chi connectivity index (χ1) is 15.3. The number of alkyl halides is 3. The predicted octanol–water partition coefficient (Wildman–Crippen LogP) is 4.80. The number of likely N-dealkylation sites (tertiary alicyclic amines) is 1. The highest BCUT2D eigenvalue weighted by Crippen LogP contribution is 2.41. The number of rotatable bonds is 3. The van der Waals surface area contributed by atoms with Crippen LogP contribution in [0.1, 0.15) is 50.7 Å². The van der Waals surface area contributed by atoms with Gasteiger partial charge in [0.2, 0.25) is 0 Å². The van der Waals surface area contributed by atoms with Gasteiger partial charge in [-0.25, -0.2) is 8.78 Å². The van der Waals surface area contributed by atoms with E-state index in [1.165, 1.54) is 0 Å². The molecule has 1 amide bonds. The first-order valence-electron chi connectivity index (χ1n) is 11.2. The van der Waals surface area contributed by atoms with E-state index in [9.17, 15) is 26.7 Å². The maximum absolute atomic E-state index is 14.0. The largest absolute Gasteiger partial charge is 0.419 e. The minimum atomic E-state index is -4.99. The summed E-state index contributed by atoms with van der Waals surface area (Å²) in [6, 6.07) is 1.76. The molecule has 0 N–H and O–H groups in total. The SMILES string of the molecule is CC(C)(C)CN1CC2=C(C1)C(C(=O)N1CCC(c3ccc(F)c(F)c3C(F)(F)F)CC1)=NC2. The molecule has 180 valence electrons. The van der Waals surface area contributed by atoms with Crippen LogP contribution >= 0.6 is 0 Å². The molecule has 3 aliphatic heterocycles. The molecule has 33 heavy (non-hydrogen) atoms. The average molecular weight is 469 g/mol. The van der Waals surface area contributed by atoms with Crippen LogP contribution in [0.4, 0.5) is 22.0 Å². The molecule has 4 nitrogen and oxygen atoms in total. The molecule has 1 saturated heterocycles. The molecule has 0 unspecified atom stereocenters. The number of carbonyl (C=O) groups excluding carboxylic acids is 1. The lowest BCUT2D eigenvalue weighted by Crippen LogP contribution is -2.43. The molecule has 1 fully saturated rings. The summed E-state index contributed by atoms with van der Waals surface area (Å²) in [6.07, 6.45) is -4.50. The van der Waals surface area contributed by atoms with Gasteiger partial charge in [-0.15, -0.1) is 0 Å². The molecular formula is C24H28F5N3O. The van der Waals surface area contributed by atoms with Gasteiger partial charge >= 0.3 is 6.18 Å². The molecule has 1 aromatic rings. The molecule has 4 rings (SSSR count). The van der Waals surface area contributed by atoms with E-state index in [1.807, 2.05) is 0 Å². The van der Waals surface area contributed by atoms with E-state index in [0.29, 0.717) is 18.8 Å². The average Bonchev–Trinajstić information content (AvgIpc) is 3.27. The molecular weight excluding hydrogens is 441 g/mol. The lowest BCUT2D eigenvalue weighted by molar-refractivity contribution is -0.141. The number of piperidine rings is 1. The summed E-state index contributed by atoms with van der Waals surface area (Å²) in [5.74, 6) is -4.18. The Kier molecular flexibility index (Phi) is 6.14. The molecule has 0 bridgehead atoms. The third-order valence-corrected chi connectivity index (χ3v) is 6.47. The highest BCUT2D eigenvalue weighted by atomic mass is 19.4. The zero-order valence-electron chi connectivity index (χ0n) is 19.0. The van der Waals surface area contributed by atoms with Crippen LogP contribution < -0.4 is 0 Å². The molecule has 0 aliphatic carbocycles. The van der Waals surface area contributed by atoms with Gasteiger partial charge in [-0.3, -0.25) is 14.7 Å². The van der Waals surface area contributed by atoms with Crippen molar-refractivity contribution in [1.82, 2.24) is 9.80 Å². The van der Waals surface area contributed by atoms with E-state index >= 15 is 0 Å². The molecule has 0 atom stereocenters. The third-order valence-electron chi connectivity index (χ3n) is 6.47. The molecule has 0 saturated carbocycles. The second-order valence-electron chi connectivity index (χ2n) is 10.3. The van der Waals surface area contributed by atoms with Crippen LogP contribution in [-0.2, 0) is 11.0 Å². The summed E-state index contributed by atoms with van der Waals surface area (Å²) in [4.78, 5) is 21.5. The van der Waals surface area contributed by atoms with Gasteiger partial charge < -0.3 is 4.90 Å². The topological polar surface area (TPSA) is 35.9 Å². The molecule has 3 aliphatic rings. The Bertz CT molecular complexity index is 1010. The second-order valence-corrected chi connectivity index (χ2v) is 10.3. The van der Waals surface area contributed by atoms with Gasteiger partial charge in [0.15, 0.2) is 11.6 Å². The summed E-state index contributed by atoms with van der Waals surface area (Å²) < 4.78 is 67.7. The van der Waals surface area contributed by atoms with Gasteiger partial charge in [0, 0.05) is 32.7 Å². The molecule has 0 spiro atoms. The minimum absolute atomic E-state index is 0.137. The van der Waals surface area contributed by atoms with Gasteiger partial charge in [-0.2, -0.15) is 13.2 Å². The first-order valence-corrected chi connectivity index (χ1v) is 11.2. The van der Waals surface area contributed by atoms with Crippen molar-refractivity contribution in [2.45, 2.75) is 45.7 Å². The van der Waals surface area contributed by atoms with Crippen molar-refractivity contribution in [3.05, 3.63) is 46.0 Å². The normalized spacial score (nSPS) is 20.5. The van der Waals surface area contributed by atoms with Crippen LogP contribution in [0.3, 0.4) is 0 Å². The van der Waals surface area contributed by atoms with Crippen molar-refractivity contribution in [3.63, 3.8) is 0 Å². The van der Waals surface area contributed by atoms with Crippen molar-refractivity contribution in [2.75, 3.05) is 39.3 Å². The highest BCUT2D eigenvalue weighted by molar-refractivity contribution is 6.46. The molecule has 9 heteroatoms. The van der Waals surface area contributed by atoms with Crippen LogP contribution in [-0.4, -0.2) is 60.7 Å². The fraction of sp³-hybridized carbons (Fsp3) is 0.583. The third kappa shape index (κ3) is 4.83. The van der Waals surface area contributed by atoms with Crippen LogP contribution in [0.2, 0.25) is 0 Å². The van der Waals surface area contributed by atoms with Crippen molar-refractivity contribution in [3.8, 4) is 0 Å². The van der Waals surface area contributed by atoms with Crippen molar-refractivity contribution in [1.29, 1.82) is 0 Å². The number of hydrogen-bond acceptors (Lipinski definition) is 3. The van der Waals surface area contributed by atoms with E-state index < -0.39 is 29.3 Å². The quantitative estimate of drug-likeness (QED) is 0.596. The van der Waals surface area contributed by atoms with Gasteiger partial charge in [-0.05, 0) is 47.0 Å². The van der Waals surface area contributed by atoms with E-state index in [-0.39, 0.29) is 42.8 Å². The van der Waals surface area contributed by atoms with Gasteiger partial charge in [0.05, 0.1) is 12.1 Å². The fourth-order valence-corrected chi connectivity index (χ4v) is 5.13. The summed E-state index contributed by atoms with van der Waals surface area (Å²) in [6.45, 7) is 9.87. The summed E-state index contributed by atoms with van der Waals surface area (Å²) in [7, 11) is 0. The van der Waals surface area contributed by atoms with Crippen LogP contribution in [0.15, 0.2) is 28.3 Å². The Labute approximate surface area is 190 Å². The number of nitrogens with zero attached hydrogens (tertiary/aromatic N) is 3. The lowest BCUT2D eigenvalue weighted by Gasteiger charge is -2.33. The predicted molar refractivity (Wildman–Crippen MR) is 115 cm³/mol. The van der Waals surface area contributed by atoms with Crippen molar-refractivity contribution in [2.24, 2.45) is 10.4 Å². The molecule has 1 aromatic carbocycles. The summed E-state index contributed by atoms with van der Waals surface area (Å²) >= 11 is 0. The Morgan fingerprint density at radius 3 is 2.36 bits per heavy atom. The van der Waals surface area contributed by atoms with E-state index in [0.717, 1.165) is 36.4 Å². The monoisotopic (exact) mass is 469 g/mol. The Hall–Kier alpha value is -2.29. The lowest BCUT2D eigenvalue weighted by atomic mass is 9.85. The summed E-state index contributed by atoms with van der Waals surface area (Å²) in [5, 5.41) is 0. The van der Waals surface area contributed by atoms with E-state index in [1.54, 1.807) is 4.90 Å². The summed E-state index contributed by atoms with van der Waals surface area (Å²) in [5.41, 5.74) is 0.958. The number of benzene rings is 1. The Balaban J connectivity index is 1.43. The Morgan fingerprint density at radius 1 is 1.09 bits per heavy atom. The van der Waals surface area contributed by atoms with Gasteiger partial charge in [0.1, 0.15) is 5.71 Å². The molecule has 0 radical (unpaired) electrons. The van der Waals surface area contributed by atoms with E-state index in [2.05, 4.69) is 30.7 Å². The van der Waals surface area contributed by atoms with Crippen molar-refractivity contribution < 1.29 is 26.7 Å². The second kappa shape index (κ2) is 8.49. The maximum Gasteiger partial charge on any atom is 0.419 e. The number of halogens is 5. The van der Waals surface area contributed by atoms with Crippen LogP contribution in [0, 0.1) is 17.0 Å². The van der Waals surface area contributed by atoms with Crippen LogP contribution in [0.5, 0.6) is 0 Å². The number of aliphatic imine (C=N–C) groups is 1. The number of carbonyl (C=O) groups is 1. The zero-order valence-corrected chi connectivity index (χ0v) is 19.0. The first kappa shape index (κ1) is 23.9. The van der Waals surface area contributed by atoms with Gasteiger partial charge in [-0.1, -0.05) is 26.8 Å². The Morgan fingerprint density at radius 2 is 1.76 bits per heavy atom. The maximum atomic E-state index is 14.0. The molecule has 3 heterocycles. The minimum Gasteiger partial charge on any atom is -0.337 e. The standard InChI is InChI=1S/C24H28F5N3O/c1-23(2,3)13-31-11-15-10-30-21(17(15)12-31)22(33)32-8-6-14(7-9-32)16-4-5-18(25)20(26)19(16)24(27,28)29/h4-5,14H,6-13H2,1-3H3. The molecule has 0 aromatic heterocycles. The highest BCUT2D eigenvalue weighted by Gasteiger charge is 2.41. The zero-order chi connectivity index (χ0) is 24.1. The fourth-order valence-electron chi connectivity index (χ4n) is 5.13. The van der Waals surface area contributed by atoms with E-state index in [4.69, 9.17) is 0 Å². The van der Waals surface area contributed by atoms with Gasteiger partial charge in [0.25, 0.3) is 5.91 Å². The number of hydrogen-bond donors (Lipinski definition) is 0. The number of amides is 1.